The van der Waals surface area contributed by atoms with Crippen molar-refractivity contribution in [3.05, 3.63) is 101 Å². The molecule has 1 N–H and O–H groups in total. The maximum Gasteiger partial charge on any atom is 0.254 e. The molecule has 1 saturated heterocycles. The molecule has 0 radical (unpaired) electrons. The number of rotatable bonds is 8. The molecular formula is C28H31N3O5S. The lowest BCUT2D eigenvalue weighted by Gasteiger charge is -2.27. The first-order chi connectivity index (χ1) is 17.7. The summed E-state index contributed by atoms with van der Waals surface area (Å²) in [6.07, 6.45) is 1.06. The van der Waals surface area contributed by atoms with Crippen molar-refractivity contribution in [1.29, 1.82) is 0 Å². The van der Waals surface area contributed by atoms with Gasteiger partial charge in [-0.1, -0.05) is 60.2 Å². The van der Waals surface area contributed by atoms with Crippen LogP contribution >= 0.6 is 0 Å². The largest absolute Gasteiger partial charge is 0.378 e. The van der Waals surface area contributed by atoms with Crippen molar-refractivity contribution in [2.75, 3.05) is 43.4 Å². The van der Waals surface area contributed by atoms with Crippen molar-refractivity contribution in [3.8, 4) is 0 Å². The number of nitrogens with zero attached hydrogens (tertiary/aromatic N) is 2. The van der Waals surface area contributed by atoms with E-state index in [9.17, 15) is 18.0 Å². The van der Waals surface area contributed by atoms with Gasteiger partial charge in [0.25, 0.3) is 5.91 Å². The molecule has 1 unspecified atom stereocenters. The Hall–Kier alpha value is -3.69. The van der Waals surface area contributed by atoms with Crippen LogP contribution in [-0.2, 0) is 19.6 Å². The third-order valence-electron chi connectivity index (χ3n) is 6.20. The minimum Gasteiger partial charge on any atom is -0.378 e. The summed E-state index contributed by atoms with van der Waals surface area (Å²) in [6.45, 7) is 3.59. The van der Waals surface area contributed by atoms with Crippen molar-refractivity contribution in [1.82, 2.24) is 10.2 Å². The monoisotopic (exact) mass is 521 g/mol. The third kappa shape index (κ3) is 6.75. The van der Waals surface area contributed by atoms with Crippen LogP contribution in [0, 0.1) is 6.92 Å². The lowest BCUT2D eigenvalue weighted by molar-refractivity contribution is -0.120. The zero-order valence-electron chi connectivity index (χ0n) is 21.0. The quantitative estimate of drug-likeness (QED) is 0.491. The number of ether oxygens (including phenoxy) is 1. The molecule has 3 aromatic rings. The predicted octanol–water partition coefficient (Wildman–Crippen LogP) is 3.14. The number of benzene rings is 3. The molecule has 1 fully saturated rings. The Morgan fingerprint density at radius 1 is 0.946 bits per heavy atom. The van der Waals surface area contributed by atoms with Gasteiger partial charge >= 0.3 is 0 Å². The second-order valence-corrected chi connectivity index (χ2v) is 11.0. The lowest BCUT2D eigenvalue weighted by atomic mass is 9.97. The SMILES string of the molecule is Cc1cccc(C(NC(=O)CN(c2ccc(C(=O)N3CCOCC3)cc2)S(C)(=O)=O)c2ccccc2)c1. The summed E-state index contributed by atoms with van der Waals surface area (Å²) in [7, 11) is -3.78. The third-order valence-corrected chi connectivity index (χ3v) is 7.34. The maximum absolute atomic E-state index is 13.2. The fourth-order valence-electron chi connectivity index (χ4n) is 4.31. The maximum atomic E-state index is 13.2. The molecule has 9 heteroatoms. The molecule has 8 nitrogen and oxygen atoms in total. The van der Waals surface area contributed by atoms with Gasteiger partial charge in [-0.05, 0) is 42.3 Å². The van der Waals surface area contributed by atoms with Crippen LogP contribution in [0.4, 0.5) is 5.69 Å². The standard InChI is InChI=1S/C28H31N3O5S/c1-21-7-6-10-24(19-21)27(22-8-4-3-5-9-22)29-26(32)20-31(37(2,34)35)25-13-11-23(12-14-25)28(33)30-15-17-36-18-16-30/h3-14,19,27H,15-18,20H2,1-2H3,(H,29,32). The van der Waals surface area contributed by atoms with Crippen LogP contribution in [0.2, 0.25) is 0 Å². The second kappa shape index (κ2) is 11.6. The van der Waals surface area contributed by atoms with E-state index >= 15 is 0 Å². The average molecular weight is 522 g/mol. The van der Waals surface area contributed by atoms with Gasteiger partial charge in [-0.3, -0.25) is 13.9 Å². The van der Waals surface area contributed by atoms with Gasteiger partial charge in [-0.25, -0.2) is 8.42 Å². The molecule has 1 atom stereocenters. The number of morpholine rings is 1. The molecule has 0 aliphatic carbocycles. The molecule has 0 bridgehead atoms. The number of hydrogen-bond acceptors (Lipinski definition) is 5. The van der Waals surface area contributed by atoms with E-state index in [4.69, 9.17) is 4.74 Å². The molecule has 37 heavy (non-hydrogen) atoms. The van der Waals surface area contributed by atoms with Gasteiger partial charge in [0, 0.05) is 18.7 Å². The molecule has 0 saturated carbocycles. The van der Waals surface area contributed by atoms with Crippen molar-refractivity contribution < 1.29 is 22.7 Å². The summed E-state index contributed by atoms with van der Waals surface area (Å²) in [4.78, 5) is 27.7. The van der Waals surface area contributed by atoms with E-state index in [1.165, 1.54) is 0 Å². The number of hydrogen-bond donors (Lipinski definition) is 1. The van der Waals surface area contributed by atoms with Crippen molar-refractivity contribution in [2.45, 2.75) is 13.0 Å². The minimum atomic E-state index is -3.78. The summed E-state index contributed by atoms with van der Waals surface area (Å²) >= 11 is 0. The van der Waals surface area contributed by atoms with Gasteiger partial charge in [-0.15, -0.1) is 0 Å². The van der Waals surface area contributed by atoms with Crippen LogP contribution in [0.1, 0.15) is 33.1 Å². The highest BCUT2D eigenvalue weighted by atomic mass is 32.2. The highest BCUT2D eigenvalue weighted by molar-refractivity contribution is 7.92. The highest BCUT2D eigenvalue weighted by Crippen LogP contribution is 2.24. The van der Waals surface area contributed by atoms with Crippen LogP contribution in [0.5, 0.6) is 0 Å². The second-order valence-electron chi connectivity index (χ2n) is 9.05. The van der Waals surface area contributed by atoms with E-state index in [-0.39, 0.29) is 5.91 Å². The number of amides is 2. The molecule has 4 rings (SSSR count). The van der Waals surface area contributed by atoms with Gasteiger partial charge in [-0.2, -0.15) is 0 Å². The van der Waals surface area contributed by atoms with E-state index in [0.29, 0.717) is 37.6 Å². The number of anilines is 1. The summed E-state index contributed by atoms with van der Waals surface area (Å²) in [6, 6.07) is 23.2. The molecule has 1 aliphatic rings. The molecule has 3 aromatic carbocycles. The van der Waals surface area contributed by atoms with E-state index in [2.05, 4.69) is 5.32 Å². The molecule has 0 aromatic heterocycles. The summed E-state index contributed by atoms with van der Waals surface area (Å²) in [5, 5.41) is 3.00. The number of carbonyl (C=O) groups excluding carboxylic acids is 2. The van der Waals surface area contributed by atoms with Gasteiger partial charge in [0.05, 0.1) is 31.2 Å². The van der Waals surface area contributed by atoms with Gasteiger partial charge < -0.3 is 15.0 Å². The molecule has 194 valence electrons. The van der Waals surface area contributed by atoms with E-state index in [1.54, 1.807) is 29.2 Å². The van der Waals surface area contributed by atoms with Crippen molar-refractivity contribution in [3.63, 3.8) is 0 Å². The van der Waals surface area contributed by atoms with Gasteiger partial charge in [0.1, 0.15) is 6.54 Å². The molecule has 2 amide bonds. The number of carbonyl (C=O) groups is 2. The number of aryl methyl sites for hydroxylation is 1. The zero-order chi connectivity index (χ0) is 26.4. The number of sulfonamides is 1. The van der Waals surface area contributed by atoms with Crippen LogP contribution in [-0.4, -0.2) is 64.2 Å². The van der Waals surface area contributed by atoms with Gasteiger partial charge in [0.2, 0.25) is 15.9 Å². The Balaban J connectivity index is 1.54. The first-order valence-electron chi connectivity index (χ1n) is 12.1. The molecule has 1 aliphatic heterocycles. The smallest absolute Gasteiger partial charge is 0.254 e. The first kappa shape index (κ1) is 26.4. The van der Waals surface area contributed by atoms with Crippen LogP contribution in [0.25, 0.3) is 0 Å². The van der Waals surface area contributed by atoms with Crippen LogP contribution in [0.3, 0.4) is 0 Å². The summed E-state index contributed by atoms with van der Waals surface area (Å²) in [5.74, 6) is -0.586. The zero-order valence-corrected chi connectivity index (χ0v) is 21.8. The Labute approximate surface area is 217 Å². The van der Waals surface area contributed by atoms with Gasteiger partial charge in [0.15, 0.2) is 0 Å². The fraction of sp³-hybridized carbons (Fsp3) is 0.286. The number of nitrogens with one attached hydrogen (secondary N) is 1. The van der Waals surface area contributed by atoms with E-state index < -0.39 is 28.5 Å². The minimum absolute atomic E-state index is 0.137. The first-order valence-corrected chi connectivity index (χ1v) is 13.9. The van der Waals surface area contributed by atoms with Crippen molar-refractivity contribution >= 4 is 27.5 Å². The Bertz CT molecular complexity index is 1340. The Morgan fingerprint density at radius 3 is 2.22 bits per heavy atom. The van der Waals surface area contributed by atoms with Crippen LogP contribution < -0.4 is 9.62 Å². The molecule has 0 spiro atoms. The van der Waals surface area contributed by atoms with E-state index in [0.717, 1.165) is 27.3 Å². The topological polar surface area (TPSA) is 96.0 Å². The molecule has 1 heterocycles. The summed E-state index contributed by atoms with van der Waals surface area (Å²) < 4.78 is 31.7. The predicted molar refractivity (Wildman–Crippen MR) is 143 cm³/mol. The lowest BCUT2D eigenvalue weighted by Crippen LogP contribution is -2.42. The highest BCUT2D eigenvalue weighted by Gasteiger charge is 2.25. The fourth-order valence-corrected chi connectivity index (χ4v) is 5.17. The van der Waals surface area contributed by atoms with Crippen LogP contribution in [0.15, 0.2) is 78.9 Å². The van der Waals surface area contributed by atoms with E-state index in [1.807, 2.05) is 61.5 Å². The Morgan fingerprint density at radius 2 is 1.59 bits per heavy atom. The molecular weight excluding hydrogens is 490 g/mol. The Kier molecular flexibility index (Phi) is 8.25. The summed E-state index contributed by atoms with van der Waals surface area (Å²) in [5.41, 5.74) is 3.60. The van der Waals surface area contributed by atoms with Crippen molar-refractivity contribution in [2.24, 2.45) is 0 Å². The average Bonchev–Trinajstić information content (AvgIpc) is 2.90. The normalized spacial score (nSPS) is 14.6.